The number of hydrogen-bond acceptors (Lipinski definition) is 7. The fourth-order valence-electron chi connectivity index (χ4n) is 2.88. The second kappa shape index (κ2) is 7.21. The first-order chi connectivity index (χ1) is 14.3. The molecule has 0 unspecified atom stereocenters. The van der Waals surface area contributed by atoms with Crippen molar-refractivity contribution in [1.82, 2.24) is 29.9 Å². The minimum Gasteiger partial charge on any atom is -0.296 e. The van der Waals surface area contributed by atoms with Crippen LogP contribution in [0.15, 0.2) is 72.5 Å². The average molecular weight is 399 g/mol. The molecule has 5 aromatic rings. The molecule has 9 heteroatoms. The number of nitrogens with zero attached hydrogens (tertiary/aromatic N) is 6. The second-order valence-corrected chi connectivity index (χ2v) is 6.98. The Labute approximate surface area is 168 Å². The van der Waals surface area contributed by atoms with Gasteiger partial charge in [0.15, 0.2) is 10.8 Å². The lowest BCUT2D eigenvalue weighted by Crippen LogP contribution is -2.16. The van der Waals surface area contributed by atoms with Crippen LogP contribution in [0.25, 0.3) is 28.0 Å². The number of pyridine rings is 2. The highest BCUT2D eigenvalue weighted by molar-refractivity contribution is 7.14. The summed E-state index contributed by atoms with van der Waals surface area (Å²) in [7, 11) is 0. The molecule has 0 radical (unpaired) electrons. The lowest BCUT2D eigenvalue weighted by molar-refractivity contribution is 0.101. The summed E-state index contributed by atoms with van der Waals surface area (Å²) in [5.41, 5.74) is 3.36. The molecule has 0 saturated heterocycles. The van der Waals surface area contributed by atoms with Crippen LogP contribution in [0.3, 0.4) is 0 Å². The van der Waals surface area contributed by atoms with E-state index < -0.39 is 0 Å². The molecule has 0 bridgehead atoms. The van der Waals surface area contributed by atoms with Crippen LogP contribution in [-0.4, -0.2) is 35.9 Å². The van der Waals surface area contributed by atoms with Crippen molar-refractivity contribution < 1.29 is 4.79 Å². The van der Waals surface area contributed by atoms with Crippen molar-refractivity contribution in [3.63, 3.8) is 0 Å². The Kier molecular flexibility index (Phi) is 4.26. The number of nitrogens with one attached hydrogen (secondary N) is 1. The molecule has 0 saturated carbocycles. The molecule has 0 aliphatic rings. The quantitative estimate of drug-likeness (QED) is 0.496. The number of hydrogen-bond donors (Lipinski definition) is 1. The lowest BCUT2D eigenvalue weighted by Gasteiger charge is -2.05. The molecule has 5 rings (SSSR count). The first kappa shape index (κ1) is 17.1. The summed E-state index contributed by atoms with van der Waals surface area (Å²) in [5.74, 6) is -0.348. The van der Waals surface area contributed by atoms with Gasteiger partial charge in [0, 0.05) is 23.2 Å². The van der Waals surface area contributed by atoms with E-state index in [-0.39, 0.29) is 5.91 Å². The van der Waals surface area contributed by atoms with E-state index in [2.05, 4.69) is 30.6 Å². The minimum absolute atomic E-state index is 0.303. The van der Waals surface area contributed by atoms with Gasteiger partial charge >= 0.3 is 0 Å². The van der Waals surface area contributed by atoms with Crippen molar-refractivity contribution in [2.75, 3.05) is 5.32 Å². The number of fused-ring (bicyclic) bond motifs is 1. The SMILES string of the molecule is O=C(Nc1nc(-c2ccc3ccccc3n2)cs1)c1cnnn1-c1ccncc1. The number of carbonyl (C=O) groups excluding carboxylic acids is 1. The molecule has 0 fully saturated rings. The zero-order valence-electron chi connectivity index (χ0n) is 14.9. The highest BCUT2D eigenvalue weighted by Gasteiger charge is 2.17. The Bertz CT molecular complexity index is 1310. The van der Waals surface area contributed by atoms with Crippen molar-refractivity contribution in [2.45, 2.75) is 0 Å². The Hall–Kier alpha value is -3.98. The number of rotatable bonds is 4. The topological polar surface area (TPSA) is 98.5 Å². The smallest absolute Gasteiger partial charge is 0.277 e. The van der Waals surface area contributed by atoms with E-state index in [4.69, 9.17) is 0 Å². The number of para-hydroxylation sites is 1. The maximum absolute atomic E-state index is 12.7. The van der Waals surface area contributed by atoms with Crippen LogP contribution in [0.1, 0.15) is 10.5 Å². The minimum atomic E-state index is -0.348. The molecule has 4 heterocycles. The molecule has 140 valence electrons. The van der Waals surface area contributed by atoms with Crippen LogP contribution in [-0.2, 0) is 0 Å². The van der Waals surface area contributed by atoms with Crippen LogP contribution in [0.2, 0.25) is 0 Å². The zero-order valence-corrected chi connectivity index (χ0v) is 15.7. The van der Waals surface area contributed by atoms with Gasteiger partial charge in [0.05, 0.1) is 23.1 Å². The van der Waals surface area contributed by atoms with E-state index in [1.54, 1.807) is 24.5 Å². The van der Waals surface area contributed by atoms with Crippen LogP contribution in [0, 0.1) is 0 Å². The molecule has 0 aliphatic heterocycles. The van der Waals surface area contributed by atoms with Crippen molar-refractivity contribution >= 4 is 33.3 Å². The lowest BCUT2D eigenvalue weighted by atomic mass is 10.2. The van der Waals surface area contributed by atoms with Crippen molar-refractivity contribution in [1.29, 1.82) is 0 Å². The second-order valence-electron chi connectivity index (χ2n) is 6.12. The van der Waals surface area contributed by atoms with Crippen molar-refractivity contribution in [3.8, 4) is 17.1 Å². The third kappa shape index (κ3) is 3.34. The summed E-state index contributed by atoms with van der Waals surface area (Å²) >= 11 is 1.33. The summed E-state index contributed by atoms with van der Waals surface area (Å²) in [6.45, 7) is 0. The van der Waals surface area contributed by atoms with Gasteiger partial charge in [-0.1, -0.05) is 29.5 Å². The highest BCUT2D eigenvalue weighted by atomic mass is 32.1. The number of carbonyl (C=O) groups is 1. The molecule has 0 spiro atoms. The normalized spacial score (nSPS) is 10.9. The van der Waals surface area contributed by atoms with Crippen LogP contribution in [0.5, 0.6) is 0 Å². The van der Waals surface area contributed by atoms with E-state index in [1.807, 2.05) is 41.8 Å². The van der Waals surface area contributed by atoms with Gasteiger partial charge in [0.25, 0.3) is 5.91 Å². The van der Waals surface area contributed by atoms with Gasteiger partial charge in [0.1, 0.15) is 5.69 Å². The number of anilines is 1. The summed E-state index contributed by atoms with van der Waals surface area (Å²) in [4.78, 5) is 25.8. The average Bonchev–Trinajstić information content (AvgIpc) is 3.44. The van der Waals surface area contributed by atoms with Gasteiger partial charge in [-0.15, -0.1) is 16.4 Å². The molecular weight excluding hydrogens is 386 g/mol. The maximum Gasteiger partial charge on any atom is 0.277 e. The number of thiazole rings is 1. The van der Waals surface area contributed by atoms with Gasteiger partial charge in [-0.2, -0.15) is 0 Å². The number of amides is 1. The maximum atomic E-state index is 12.7. The zero-order chi connectivity index (χ0) is 19.6. The summed E-state index contributed by atoms with van der Waals surface area (Å²) in [6.07, 6.45) is 4.67. The number of benzene rings is 1. The molecule has 0 aliphatic carbocycles. The largest absolute Gasteiger partial charge is 0.296 e. The molecule has 1 aromatic carbocycles. The van der Waals surface area contributed by atoms with Gasteiger partial charge in [-0.3, -0.25) is 15.1 Å². The van der Waals surface area contributed by atoms with E-state index in [0.717, 1.165) is 16.6 Å². The summed E-state index contributed by atoms with van der Waals surface area (Å²) in [6, 6.07) is 15.3. The Morgan fingerprint density at radius 2 is 1.83 bits per heavy atom. The van der Waals surface area contributed by atoms with Crippen molar-refractivity contribution in [3.05, 3.63) is 78.2 Å². The fourth-order valence-corrected chi connectivity index (χ4v) is 3.58. The Balaban J connectivity index is 1.39. The summed E-state index contributed by atoms with van der Waals surface area (Å²) in [5, 5.41) is 14.0. The van der Waals surface area contributed by atoms with Gasteiger partial charge in [0.2, 0.25) is 0 Å². The first-order valence-corrected chi connectivity index (χ1v) is 9.60. The third-order valence-electron chi connectivity index (χ3n) is 4.27. The molecule has 0 atom stereocenters. The molecule has 8 nitrogen and oxygen atoms in total. The molecule has 1 N–H and O–H groups in total. The molecule has 4 aromatic heterocycles. The standard InChI is InChI=1S/C20H13N7OS/c28-19(18-11-22-26-27(18)14-7-9-21-10-8-14)25-20-24-17(12-29-20)16-6-5-13-3-1-2-4-15(13)23-16/h1-12H,(H,24,25,28). The van der Waals surface area contributed by atoms with E-state index in [0.29, 0.717) is 22.2 Å². The monoisotopic (exact) mass is 399 g/mol. The molecular formula is C20H13N7OS. The Morgan fingerprint density at radius 3 is 2.72 bits per heavy atom. The molecule has 29 heavy (non-hydrogen) atoms. The van der Waals surface area contributed by atoms with Crippen LogP contribution < -0.4 is 5.32 Å². The highest BCUT2D eigenvalue weighted by Crippen LogP contribution is 2.25. The predicted octanol–water partition coefficient (Wildman–Crippen LogP) is 3.59. The first-order valence-electron chi connectivity index (χ1n) is 8.72. The number of aromatic nitrogens is 6. The van der Waals surface area contributed by atoms with Crippen molar-refractivity contribution in [2.24, 2.45) is 0 Å². The van der Waals surface area contributed by atoms with Crippen LogP contribution >= 0.6 is 11.3 Å². The molecule has 1 amide bonds. The fraction of sp³-hybridized carbons (Fsp3) is 0. The van der Waals surface area contributed by atoms with Crippen LogP contribution in [0.4, 0.5) is 5.13 Å². The van der Waals surface area contributed by atoms with Gasteiger partial charge < -0.3 is 0 Å². The van der Waals surface area contributed by atoms with E-state index >= 15 is 0 Å². The van der Waals surface area contributed by atoms with Gasteiger partial charge in [-0.25, -0.2) is 14.6 Å². The third-order valence-corrected chi connectivity index (χ3v) is 5.03. The summed E-state index contributed by atoms with van der Waals surface area (Å²) < 4.78 is 1.45. The predicted molar refractivity (Wildman–Crippen MR) is 110 cm³/mol. The van der Waals surface area contributed by atoms with E-state index in [9.17, 15) is 4.79 Å². The van der Waals surface area contributed by atoms with Gasteiger partial charge in [-0.05, 0) is 24.3 Å². The van der Waals surface area contributed by atoms with E-state index in [1.165, 1.54) is 22.2 Å². The Morgan fingerprint density at radius 1 is 0.966 bits per heavy atom.